The highest BCUT2D eigenvalue weighted by Crippen LogP contribution is 2.27. The lowest BCUT2D eigenvalue weighted by molar-refractivity contribution is 0.506. The molecule has 0 aliphatic rings. The maximum absolute atomic E-state index is 8.66. The second-order valence-corrected chi connectivity index (χ2v) is 4.95. The third kappa shape index (κ3) is 3.69. The van der Waals surface area contributed by atoms with Crippen LogP contribution in [0, 0.1) is 11.3 Å². The molecule has 2 heteroatoms. The van der Waals surface area contributed by atoms with Crippen molar-refractivity contribution in [3.8, 4) is 6.07 Å². The summed E-state index contributed by atoms with van der Waals surface area (Å²) in [5.41, 5.74) is 2.60. The Morgan fingerprint density at radius 1 is 0.950 bits per heavy atom. The summed E-state index contributed by atoms with van der Waals surface area (Å²) in [5.74, 6) is 0.302. The summed E-state index contributed by atoms with van der Waals surface area (Å²) in [6, 6.07) is 23.5. The molecular weight excluding hydrogens is 244 g/mol. The second-order valence-electron chi connectivity index (χ2n) is 4.95. The molecule has 2 nitrogen and oxygen atoms in total. The number of nitrogens with zero attached hydrogens (tertiary/aromatic N) is 1. The van der Waals surface area contributed by atoms with Gasteiger partial charge in [-0.2, -0.15) is 5.26 Å². The van der Waals surface area contributed by atoms with E-state index in [4.69, 9.17) is 5.26 Å². The molecule has 2 rings (SSSR count). The van der Waals surface area contributed by atoms with Gasteiger partial charge in [-0.15, -0.1) is 0 Å². The zero-order valence-electron chi connectivity index (χ0n) is 11.8. The molecule has 20 heavy (non-hydrogen) atoms. The first-order valence-corrected chi connectivity index (χ1v) is 7.03. The van der Waals surface area contributed by atoms with E-state index in [1.54, 1.807) is 0 Å². The van der Waals surface area contributed by atoms with Crippen LogP contribution in [-0.4, -0.2) is 12.6 Å². The average Bonchev–Trinajstić information content (AvgIpc) is 2.50. The number of nitriles is 1. The van der Waals surface area contributed by atoms with Gasteiger partial charge in [-0.25, -0.2) is 0 Å². The minimum atomic E-state index is 0.285. The molecule has 1 atom stereocenters. The van der Waals surface area contributed by atoms with E-state index in [0.717, 1.165) is 6.54 Å². The van der Waals surface area contributed by atoms with Crippen LogP contribution in [0.25, 0.3) is 0 Å². The number of hydrogen-bond donors (Lipinski definition) is 1. The number of hydrogen-bond acceptors (Lipinski definition) is 2. The normalized spacial score (nSPS) is 12.1. The maximum Gasteiger partial charge on any atom is 0.0635 e. The Morgan fingerprint density at radius 3 is 1.90 bits per heavy atom. The van der Waals surface area contributed by atoms with Crippen molar-refractivity contribution in [2.24, 2.45) is 0 Å². The fourth-order valence-electron chi connectivity index (χ4n) is 2.56. The Kier molecular flexibility index (Phi) is 5.34. The molecule has 0 fully saturated rings. The van der Waals surface area contributed by atoms with Crippen LogP contribution in [0.2, 0.25) is 0 Å². The summed E-state index contributed by atoms with van der Waals surface area (Å²) >= 11 is 0. The largest absolute Gasteiger partial charge is 0.312 e. The first-order valence-electron chi connectivity index (χ1n) is 7.03. The summed E-state index contributed by atoms with van der Waals surface area (Å²) in [4.78, 5) is 0. The van der Waals surface area contributed by atoms with Gasteiger partial charge in [0.15, 0.2) is 0 Å². The van der Waals surface area contributed by atoms with Crippen LogP contribution in [0.5, 0.6) is 0 Å². The molecule has 102 valence electrons. The highest BCUT2D eigenvalue weighted by Gasteiger charge is 2.20. The van der Waals surface area contributed by atoms with Crippen LogP contribution in [0.15, 0.2) is 60.7 Å². The summed E-state index contributed by atoms with van der Waals surface area (Å²) in [5, 5.41) is 12.1. The molecule has 1 unspecified atom stereocenters. The Morgan fingerprint density at radius 2 is 1.45 bits per heavy atom. The third-order valence-electron chi connectivity index (χ3n) is 3.52. The molecular formula is C18H20N2. The van der Waals surface area contributed by atoms with E-state index in [-0.39, 0.29) is 6.04 Å². The summed E-state index contributed by atoms with van der Waals surface area (Å²) in [7, 11) is 0. The predicted molar refractivity (Wildman–Crippen MR) is 82.4 cm³/mol. The molecule has 1 N–H and O–H groups in total. The molecule has 0 aliphatic heterocycles. The van der Waals surface area contributed by atoms with Gasteiger partial charge in [0.1, 0.15) is 0 Å². The summed E-state index contributed by atoms with van der Waals surface area (Å²) in [6.07, 6.45) is 0.542. The Hall–Kier alpha value is -2.11. The lowest BCUT2D eigenvalue weighted by Crippen LogP contribution is -2.33. The topological polar surface area (TPSA) is 35.8 Å². The first-order chi connectivity index (χ1) is 9.83. The van der Waals surface area contributed by atoms with Crippen molar-refractivity contribution in [1.29, 1.82) is 5.26 Å². The van der Waals surface area contributed by atoms with Crippen LogP contribution in [0.3, 0.4) is 0 Å². The highest BCUT2D eigenvalue weighted by molar-refractivity contribution is 5.34. The van der Waals surface area contributed by atoms with Crippen LogP contribution in [0.1, 0.15) is 30.4 Å². The molecule has 0 saturated heterocycles. The van der Waals surface area contributed by atoms with Crippen molar-refractivity contribution in [3.05, 3.63) is 71.8 Å². The lowest BCUT2D eigenvalue weighted by atomic mass is 9.86. The van der Waals surface area contributed by atoms with Gasteiger partial charge in [-0.05, 0) is 18.1 Å². The van der Waals surface area contributed by atoms with Gasteiger partial charge in [-0.1, -0.05) is 60.7 Å². The van der Waals surface area contributed by atoms with E-state index in [2.05, 4.69) is 66.8 Å². The van der Waals surface area contributed by atoms with Crippen molar-refractivity contribution in [3.63, 3.8) is 0 Å². The van der Waals surface area contributed by atoms with Gasteiger partial charge in [0.2, 0.25) is 0 Å². The van der Waals surface area contributed by atoms with Crippen LogP contribution in [-0.2, 0) is 0 Å². The van der Waals surface area contributed by atoms with Gasteiger partial charge in [0.05, 0.1) is 6.07 Å². The first kappa shape index (κ1) is 14.3. The number of rotatable bonds is 6. The molecule has 0 aromatic heterocycles. The lowest BCUT2D eigenvalue weighted by Gasteiger charge is -2.26. The van der Waals surface area contributed by atoms with Crippen LogP contribution in [0.4, 0.5) is 0 Å². The Balaban J connectivity index is 2.23. The molecule has 0 radical (unpaired) electrons. The van der Waals surface area contributed by atoms with E-state index in [1.807, 2.05) is 12.1 Å². The molecule has 0 amide bonds. The Bertz CT molecular complexity index is 503. The van der Waals surface area contributed by atoms with Crippen LogP contribution >= 0.6 is 0 Å². The van der Waals surface area contributed by atoms with Crippen molar-refractivity contribution in [2.75, 3.05) is 6.54 Å². The maximum atomic E-state index is 8.66. The monoisotopic (exact) mass is 264 g/mol. The minimum absolute atomic E-state index is 0.285. The number of nitrogens with one attached hydrogen (secondary N) is 1. The van der Waals surface area contributed by atoms with E-state index < -0.39 is 0 Å². The third-order valence-corrected chi connectivity index (χ3v) is 3.52. The zero-order valence-corrected chi connectivity index (χ0v) is 11.8. The summed E-state index contributed by atoms with van der Waals surface area (Å²) < 4.78 is 0. The summed E-state index contributed by atoms with van der Waals surface area (Å²) in [6.45, 7) is 2.91. The molecule has 0 spiro atoms. The second kappa shape index (κ2) is 7.47. The molecule has 0 heterocycles. The minimum Gasteiger partial charge on any atom is -0.312 e. The number of benzene rings is 2. The smallest absolute Gasteiger partial charge is 0.0635 e. The Labute approximate surface area is 121 Å². The molecule has 0 bridgehead atoms. The van der Waals surface area contributed by atoms with Crippen molar-refractivity contribution in [1.82, 2.24) is 5.32 Å². The fourth-order valence-corrected chi connectivity index (χ4v) is 2.56. The molecule has 0 saturated carbocycles. The molecule has 0 aliphatic carbocycles. The van der Waals surface area contributed by atoms with Crippen LogP contribution < -0.4 is 5.32 Å². The van der Waals surface area contributed by atoms with Gasteiger partial charge in [-0.3, -0.25) is 0 Å². The van der Waals surface area contributed by atoms with E-state index >= 15 is 0 Å². The van der Waals surface area contributed by atoms with E-state index in [0.29, 0.717) is 12.3 Å². The van der Waals surface area contributed by atoms with Gasteiger partial charge < -0.3 is 5.32 Å². The zero-order chi connectivity index (χ0) is 14.2. The van der Waals surface area contributed by atoms with E-state index in [9.17, 15) is 0 Å². The fraction of sp³-hybridized carbons (Fsp3) is 0.278. The standard InChI is InChI=1S/C18H20N2/c1-15(20-14-8-13-19)18(16-9-4-2-5-10-16)17-11-6-3-7-12-17/h2-7,9-12,15,18,20H,8,14H2,1H3. The van der Waals surface area contributed by atoms with Crippen molar-refractivity contribution >= 4 is 0 Å². The molecule has 2 aromatic carbocycles. The highest BCUT2D eigenvalue weighted by atomic mass is 14.9. The average molecular weight is 264 g/mol. The van der Waals surface area contributed by atoms with Crippen molar-refractivity contribution in [2.45, 2.75) is 25.3 Å². The predicted octanol–water partition coefficient (Wildman–Crippen LogP) is 3.71. The van der Waals surface area contributed by atoms with Crippen molar-refractivity contribution < 1.29 is 0 Å². The SMILES string of the molecule is CC(NCCC#N)C(c1ccccc1)c1ccccc1. The van der Waals surface area contributed by atoms with Gasteiger partial charge in [0, 0.05) is 24.9 Å². The molecule has 2 aromatic rings. The van der Waals surface area contributed by atoms with E-state index in [1.165, 1.54) is 11.1 Å². The van der Waals surface area contributed by atoms with Gasteiger partial charge in [0.25, 0.3) is 0 Å². The quantitative estimate of drug-likeness (QED) is 0.807. The van der Waals surface area contributed by atoms with Gasteiger partial charge >= 0.3 is 0 Å².